The summed E-state index contributed by atoms with van der Waals surface area (Å²) in [5, 5.41) is 0. The van der Waals surface area contributed by atoms with Gasteiger partial charge >= 0.3 is 5.97 Å². The summed E-state index contributed by atoms with van der Waals surface area (Å²) in [4.78, 5) is 52.8. The Labute approximate surface area is 192 Å². The number of carbonyl (C=O) groups excluding carboxylic acids is 4. The molecular weight excluding hydrogens is 518 g/mol. The van der Waals surface area contributed by atoms with Crippen LogP contribution in [0.4, 0.5) is 5.69 Å². The molecule has 1 saturated heterocycles. The molecule has 160 valence electrons. The minimum absolute atomic E-state index is 0.0920. The van der Waals surface area contributed by atoms with Gasteiger partial charge in [-0.05, 0) is 30.4 Å². The minimum atomic E-state index is -0.722. The van der Waals surface area contributed by atoms with Crippen LogP contribution in [0, 0.1) is 29.1 Å². The number of nitrogens with zero attached hydrogens (tertiary/aromatic N) is 1. The Morgan fingerprint density at radius 1 is 1.03 bits per heavy atom. The zero-order valence-corrected chi connectivity index (χ0v) is 20.1. The second-order valence-electron chi connectivity index (χ2n) is 9.28. The smallest absolute Gasteiger partial charge is 0.340 e. The molecule has 8 heteroatoms. The van der Waals surface area contributed by atoms with Gasteiger partial charge in [0, 0.05) is 15.1 Å². The monoisotopic (exact) mass is 539 g/mol. The normalized spacial score (nSPS) is 32.5. The molecule has 1 heterocycles. The number of rotatable bonds is 4. The van der Waals surface area contributed by atoms with E-state index in [9.17, 15) is 19.2 Å². The van der Waals surface area contributed by atoms with Crippen molar-refractivity contribution in [1.29, 1.82) is 0 Å². The van der Waals surface area contributed by atoms with Crippen LogP contribution in [0.25, 0.3) is 0 Å². The van der Waals surface area contributed by atoms with Gasteiger partial charge in [-0.1, -0.05) is 64.8 Å². The predicted octanol–water partition coefficient (Wildman–Crippen LogP) is 3.74. The standard InChI is InChI=1S/C22H23Br2NO5/c1-22(2,3)14(26)9-30-21(29)10-6-4-5-7-13(10)25-19(27)15-11-8-12(16(15)20(25)28)18(24)17(11)23/h4-7,11-12,15-18H,8-9H2,1-3H3/t11-,12-,15-,16+,17-,18+/m0/s1. The van der Waals surface area contributed by atoms with Crippen molar-refractivity contribution in [2.24, 2.45) is 29.1 Å². The lowest BCUT2D eigenvalue weighted by Gasteiger charge is -2.28. The summed E-state index contributed by atoms with van der Waals surface area (Å²) in [5.74, 6) is -2.00. The number of carbonyl (C=O) groups is 4. The maximum Gasteiger partial charge on any atom is 0.340 e. The molecule has 3 fully saturated rings. The number of ketones is 1. The quantitative estimate of drug-likeness (QED) is 0.330. The van der Waals surface area contributed by atoms with Crippen LogP contribution in [0.5, 0.6) is 0 Å². The van der Waals surface area contributed by atoms with Gasteiger partial charge in [-0.3, -0.25) is 14.4 Å². The minimum Gasteiger partial charge on any atom is -0.454 e. The first-order valence-electron chi connectivity index (χ1n) is 9.99. The van der Waals surface area contributed by atoms with E-state index in [0.29, 0.717) is 0 Å². The average Bonchev–Trinajstić information content (AvgIpc) is 3.30. The Bertz CT molecular complexity index is 908. The molecule has 4 rings (SSSR count). The molecule has 0 radical (unpaired) electrons. The third kappa shape index (κ3) is 3.27. The molecule has 3 aliphatic rings. The van der Waals surface area contributed by atoms with Gasteiger partial charge in [0.1, 0.15) is 0 Å². The summed E-state index contributed by atoms with van der Waals surface area (Å²) in [6, 6.07) is 6.42. The fourth-order valence-corrected chi connectivity index (χ4v) is 6.73. The van der Waals surface area contributed by atoms with E-state index in [2.05, 4.69) is 31.9 Å². The molecule has 1 aliphatic heterocycles. The van der Waals surface area contributed by atoms with Crippen LogP contribution in [-0.4, -0.2) is 39.8 Å². The Morgan fingerprint density at radius 2 is 1.57 bits per heavy atom. The van der Waals surface area contributed by atoms with Gasteiger partial charge in [-0.2, -0.15) is 0 Å². The summed E-state index contributed by atoms with van der Waals surface area (Å²) in [5.41, 5.74) is -0.290. The van der Waals surface area contributed by atoms with Crippen LogP contribution < -0.4 is 4.90 Å². The number of alkyl halides is 2. The number of esters is 1. The van der Waals surface area contributed by atoms with E-state index >= 15 is 0 Å². The lowest BCUT2D eigenvalue weighted by molar-refractivity contribution is -0.129. The van der Waals surface area contributed by atoms with Gasteiger partial charge in [0.05, 0.1) is 23.1 Å². The molecule has 6 nitrogen and oxygen atoms in total. The Kier molecular flexibility index (Phi) is 5.46. The first-order valence-corrected chi connectivity index (χ1v) is 11.8. The third-order valence-electron chi connectivity index (χ3n) is 6.52. The lowest BCUT2D eigenvalue weighted by atomic mass is 9.81. The molecule has 0 unspecified atom stereocenters. The maximum absolute atomic E-state index is 13.3. The van der Waals surface area contributed by atoms with Gasteiger partial charge in [-0.25, -0.2) is 9.69 Å². The fraction of sp³-hybridized carbons (Fsp3) is 0.545. The molecule has 2 saturated carbocycles. The molecule has 0 aromatic heterocycles. The van der Waals surface area contributed by atoms with Crippen LogP contribution >= 0.6 is 31.9 Å². The van der Waals surface area contributed by atoms with Crippen LogP contribution in [0.2, 0.25) is 0 Å². The van der Waals surface area contributed by atoms with Gasteiger partial charge in [0.15, 0.2) is 12.4 Å². The summed E-state index contributed by atoms with van der Waals surface area (Å²) in [7, 11) is 0. The molecule has 2 bridgehead atoms. The van der Waals surface area contributed by atoms with Crippen molar-refractivity contribution in [2.75, 3.05) is 11.5 Å². The van der Waals surface area contributed by atoms with Gasteiger partial charge < -0.3 is 4.74 Å². The average molecular weight is 541 g/mol. The van der Waals surface area contributed by atoms with E-state index < -0.39 is 11.4 Å². The largest absolute Gasteiger partial charge is 0.454 e. The van der Waals surface area contributed by atoms with Crippen molar-refractivity contribution in [2.45, 2.75) is 36.8 Å². The first kappa shape index (κ1) is 21.7. The lowest BCUT2D eigenvalue weighted by Crippen LogP contribution is -2.37. The number of imide groups is 1. The second-order valence-corrected chi connectivity index (χ2v) is 11.4. The van der Waals surface area contributed by atoms with E-state index in [1.807, 2.05) is 0 Å². The van der Waals surface area contributed by atoms with E-state index in [1.165, 1.54) is 6.07 Å². The molecule has 30 heavy (non-hydrogen) atoms. The van der Waals surface area contributed by atoms with Crippen molar-refractivity contribution in [1.82, 2.24) is 0 Å². The van der Waals surface area contributed by atoms with Gasteiger partial charge in [-0.15, -0.1) is 0 Å². The molecule has 1 aromatic rings. The van der Waals surface area contributed by atoms with Crippen LogP contribution in [-0.2, 0) is 19.1 Å². The van der Waals surface area contributed by atoms with E-state index in [4.69, 9.17) is 4.74 Å². The van der Waals surface area contributed by atoms with Crippen molar-refractivity contribution in [3.05, 3.63) is 29.8 Å². The summed E-state index contributed by atoms with van der Waals surface area (Å²) < 4.78 is 5.22. The summed E-state index contributed by atoms with van der Waals surface area (Å²) in [6.07, 6.45) is 0.838. The van der Waals surface area contributed by atoms with Crippen molar-refractivity contribution in [3.63, 3.8) is 0 Å². The molecular formula is C22H23Br2NO5. The fourth-order valence-electron chi connectivity index (χ4n) is 4.85. The SMILES string of the molecule is CC(C)(C)C(=O)COC(=O)c1ccccc1N1C(=O)[C@@H]2[C@@H]3C[C@H]([C@H](Br)[C@@H]3Br)[C@@H]2C1=O. The number of Topliss-reactive ketones (excluding diaryl/α,β-unsaturated/α-hetero) is 1. The van der Waals surface area contributed by atoms with Crippen molar-refractivity contribution < 1.29 is 23.9 Å². The number of para-hydroxylation sites is 1. The zero-order valence-electron chi connectivity index (χ0n) is 16.9. The molecule has 0 N–H and O–H groups in total. The topological polar surface area (TPSA) is 80.8 Å². The van der Waals surface area contributed by atoms with Gasteiger partial charge in [0.2, 0.25) is 11.8 Å². The number of benzene rings is 1. The highest BCUT2D eigenvalue weighted by molar-refractivity contribution is 9.12. The van der Waals surface area contributed by atoms with Crippen LogP contribution in [0.1, 0.15) is 37.6 Å². The van der Waals surface area contributed by atoms with Crippen LogP contribution in [0.3, 0.4) is 0 Å². The number of halogens is 2. The Hall–Kier alpha value is -1.54. The zero-order chi connectivity index (χ0) is 22.0. The number of anilines is 1. The number of ether oxygens (including phenoxy) is 1. The molecule has 6 atom stereocenters. The van der Waals surface area contributed by atoms with Crippen LogP contribution in [0.15, 0.2) is 24.3 Å². The highest BCUT2D eigenvalue weighted by atomic mass is 79.9. The highest BCUT2D eigenvalue weighted by Gasteiger charge is 2.66. The predicted molar refractivity (Wildman–Crippen MR) is 118 cm³/mol. The second kappa shape index (κ2) is 7.55. The summed E-state index contributed by atoms with van der Waals surface area (Å²) >= 11 is 7.35. The van der Waals surface area contributed by atoms with E-state index in [1.54, 1.807) is 39.0 Å². The van der Waals surface area contributed by atoms with E-state index in [0.717, 1.165) is 11.3 Å². The number of hydrogen-bond donors (Lipinski definition) is 0. The molecule has 1 aromatic carbocycles. The maximum atomic E-state index is 13.3. The van der Waals surface area contributed by atoms with E-state index in [-0.39, 0.29) is 68.8 Å². The number of fused-ring (bicyclic) bond motifs is 5. The molecule has 2 amide bonds. The third-order valence-corrected chi connectivity index (χ3v) is 9.73. The number of amides is 2. The molecule has 0 spiro atoms. The van der Waals surface area contributed by atoms with Gasteiger partial charge in [0.25, 0.3) is 0 Å². The number of hydrogen-bond acceptors (Lipinski definition) is 5. The summed E-state index contributed by atoms with van der Waals surface area (Å²) in [6.45, 7) is 4.89. The Balaban J connectivity index is 1.60. The van der Waals surface area contributed by atoms with Crippen molar-refractivity contribution in [3.8, 4) is 0 Å². The Morgan fingerprint density at radius 3 is 2.10 bits per heavy atom. The molecule has 2 aliphatic carbocycles. The highest BCUT2D eigenvalue weighted by Crippen LogP contribution is 2.60. The first-order chi connectivity index (χ1) is 14.0. The van der Waals surface area contributed by atoms with Crippen molar-refractivity contribution >= 4 is 61.1 Å².